The molecule has 2 N–H and O–H groups in total. The maximum atomic E-state index is 6.40. The molecule has 0 aliphatic rings. The van der Waals surface area contributed by atoms with E-state index in [2.05, 4.69) is 17.1 Å². The third kappa shape index (κ3) is 2.73. The third-order valence-corrected chi connectivity index (χ3v) is 3.55. The monoisotopic (exact) mass is 278 g/mol. The number of ether oxygens (including phenoxy) is 1. The van der Waals surface area contributed by atoms with E-state index in [0.29, 0.717) is 6.61 Å². The first kappa shape index (κ1) is 13.6. The minimum atomic E-state index is -0.244. The summed E-state index contributed by atoms with van der Waals surface area (Å²) in [4.78, 5) is 4.49. The summed E-state index contributed by atoms with van der Waals surface area (Å²) in [5.74, 6) is 0.860. The molecule has 106 valence electrons. The van der Waals surface area contributed by atoms with E-state index < -0.39 is 0 Å². The molecule has 2 aromatic carbocycles. The van der Waals surface area contributed by atoms with Crippen molar-refractivity contribution in [2.24, 2.45) is 5.73 Å². The summed E-state index contributed by atoms with van der Waals surface area (Å²) in [6.45, 7) is 2.63. The molecule has 0 fully saturated rings. The molecule has 21 heavy (non-hydrogen) atoms. The lowest BCUT2D eigenvalue weighted by Crippen LogP contribution is -2.14. The highest BCUT2D eigenvalue weighted by atomic mass is 16.5. The number of hydrogen-bond acceptors (Lipinski definition) is 3. The Morgan fingerprint density at radius 1 is 1.05 bits per heavy atom. The van der Waals surface area contributed by atoms with Gasteiger partial charge in [-0.3, -0.25) is 4.98 Å². The summed E-state index contributed by atoms with van der Waals surface area (Å²) in [6.07, 6.45) is 1.81. The smallest absolute Gasteiger partial charge is 0.119 e. The summed E-state index contributed by atoms with van der Waals surface area (Å²) in [5, 5.41) is 2.25. The van der Waals surface area contributed by atoms with Crippen LogP contribution in [0.15, 0.2) is 60.8 Å². The van der Waals surface area contributed by atoms with Gasteiger partial charge in [-0.05, 0) is 36.1 Å². The molecule has 3 nitrogen and oxygen atoms in total. The summed E-state index contributed by atoms with van der Waals surface area (Å²) in [5.41, 5.74) is 8.33. The number of benzene rings is 2. The molecule has 1 heterocycles. The van der Waals surface area contributed by atoms with Crippen LogP contribution in [-0.2, 0) is 0 Å². The van der Waals surface area contributed by atoms with Crippen molar-refractivity contribution in [3.05, 3.63) is 72.1 Å². The quantitative estimate of drug-likeness (QED) is 0.792. The highest BCUT2D eigenvalue weighted by Crippen LogP contribution is 2.26. The molecule has 0 amide bonds. The molecule has 1 unspecified atom stereocenters. The van der Waals surface area contributed by atoms with Crippen LogP contribution in [0, 0.1) is 0 Å². The number of hydrogen-bond donors (Lipinski definition) is 1. The molecule has 1 aromatic heterocycles. The van der Waals surface area contributed by atoms with Crippen LogP contribution in [0.3, 0.4) is 0 Å². The number of rotatable bonds is 4. The largest absolute Gasteiger partial charge is 0.494 e. The van der Waals surface area contributed by atoms with Crippen LogP contribution in [0.1, 0.15) is 24.2 Å². The maximum Gasteiger partial charge on any atom is 0.119 e. The van der Waals surface area contributed by atoms with Crippen LogP contribution in [0.25, 0.3) is 10.8 Å². The summed E-state index contributed by atoms with van der Waals surface area (Å²) in [6, 6.07) is 17.8. The Hall–Kier alpha value is -2.39. The van der Waals surface area contributed by atoms with Gasteiger partial charge >= 0.3 is 0 Å². The van der Waals surface area contributed by atoms with Crippen molar-refractivity contribution in [2.45, 2.75) is 13.0 Å². The first-order chi connectivity index (χ1) is 10.3. The molecule has 0 aliphatic heterocycles. The van der Waals surface area contributed by atoms with Crippen LogP contribution in [0.4, 0.5) is 0 Å². The summed E-state index contributed by atoms with van der Waals surface area (Å²) >= 11 is 0. The molecule has 0 spiro atoms. The standard InChI is InChI=1S/C18H18N2O/c1-2-21-15-9-7-14(8-10-15)17(19)18-16-6-4-3-5-13(16)11-12-20-18/h3-12,17H,2,19H2,1H3. The second-order valence-electron chi connectivity index (χ2n) is 4.90. The van der Waals surface area contributed by atoms with Crippen molar-refractivity contribution in [1.29, 1.82) is 0 Å². The van der Waals surface area contributed by atoms with Crippen molar-refractivity contribution in [1.82, 2.24) is 4.98 Å². The second kappa shape index (κ2) is 5.94. The molecule has 0 radical (unpaired) electrons. The van der Waals surface area contributed by atoms with E-state index in [1.807, 2.05) is 55.6 Å². The van der Waals surface area contributed by atoms with Crippen LogP contribution in [0.5, 0.6) is 5.75 Å². The van der Waals surface area contributed by atoms with Gasteiger partial charge in [0, 0.05) is 11.6 Å². The lowest BCUT2D eigenvalue weighted by Gasteiger charge is -2.14. The average molecular weight is 278 g/mol. The molecule has 0 saturated heterocycles. The third-order valence-electron chi connectivity index (χ3n) is 3.55. The average Bonchev–Trinajstić information content (AvgIpc) is 2.55. The molecule has 3 rings (SSSR count). The van der Waals surface area contributed by atoms with Crippen molar-refractivity contribution in [3.63, 3.8) is 0 Å². The zero-order valence-electron chi connectivity index (χ0n) is 12.0. The zero-order chi connectivity index (χ0) is 14.7. The fourth-order valence-corrected chi connectivity index (χ4v) is 2.49. The first-order valence-corrected chi connectivity index (χ1v) is 7.11. The van der Waals surface area contributed by atoms with Crippen molar-refractivity contribution in [3.8, 4) is 5.75 Å². The Morgan fingerprint density at radius 2 is 1.81 bits per heavy atom. The van der Waals surface area contributed by atoms with Gasteiger partial charge in [-0.2, -0.15) is 0 Å². The van der Waals surface area contributed by atoms with Crippen LogP contribution < -0.4 is 10.5 Å². The molecule has 0 saturated carbocycles. The van der Waals surface area contributed by atoms with Gasteiger partial charge in [0.15, 0.2) is 0 Å². The minimum Gasteiger partial charge on any atom is -0.494 e. The van der Waals surface area contributed by atoms with Gasteiger partial charge in [0.1, 0.15) is 5.75 Å². The number of nitrogens with two attached hydrogens (primary N) is 1. The fourth-order valence-electron chi connectivity index (χ4n) is 2.49. The van der Waals surface area contributed by atoms with Gasteiger partial charge in [0.05, 0.1) is 18.3 Å². The van der Waals surface area contributed by atoms with E-state index in [-0.39, 0.29) is 6.04 Å². The Bertz CT molecular complexity index is 732. The van der Waals surface area contributed by atoms with Crippen molar-refractivity contribution < 1.29 is 4.74 Å². The Balaban J connectivity index is 1.98. The zero-order valence-corrected chi connectivity index (χ0v) is 12.0. The van der Waals surface area contributed by atoms with Crippen LogP contribution in [-0.4, -0.2) is 11.6 Å². The lowest BCUT2D eigenvalue weighted by atomic mass is 9.99. The number of aromatic nitrogens is 1. The predicted molar refractivity (Wildman–Crippen MR) is 85.4 cm³/mol. The van der Waals surface area contributed by atoms with Gasteiger partial charge in [-0.25, -0.2) is 0 Å². The molecule has 0 aliphatic carbocycles. The van der Waals surface area contributed by atoms with Gasteiger partial charge in [0.25, 0.3) is 0 Å². The first-order valence-electron chi connectivity index (χ1n) is 7.11. The number of pyridine rings is 1. The molecular weight excluding hydrogens is 260 g/mol. The summed E-state index contributed by atoms with van der Waals surface area (Å²) in [7, 11) is 0. The molecular formula is C18H18N2O. The lowest BCUT2D eigenvalue weighted by molar-refractivity contribution is 0.340. The molecule has 1 atom stereocenters. The fraction of sp³-hybridized carbons (Fsp3) is 0.167. The highest BCUT2D eigenvalue weighted by Gasteiger charge is 2.13. The van der Waals surface area contributed by atoms with E-state index >= 15 is 0 Å². The van der Waals surface area contributed by atoms with Gasteiger partial charge in [0.2, 0.25) is 0 Å². The van der Waals surface area contributed by atoms with E-state index in [9.17, 15) is 0 Å². The van der Waals surface area contributed by atoms with Crippen LogP contribution >= 0.6 is 0 Å². The SMILES string of the molecule is CCOc1ccc(C(N)c2nccc3ccccc23)cc1. The normalized spacial score (nSPS) is 12.3. The maximum absolute atomic E-state index is 6.40. The molecule has 3 heteroatoms. The highest BCUT2D eigenvalue weighted by molar-refractivity contribution is 5.85. The van der Waals surface area contributed by atoms with E-state index in [1.165, 1.54) is 0 Å². The van der Waals surface area contributed by atoms with Gasteiger partial charge < -0.3 is 10.5 Å². The topological polar surface area (TPSA) is 48.1 Å². The second-order valence-corrected chi connectivity index (χ2v) is 4.90. The van der Waals surface area contributed by atoms with Gasteiger partial charge in [-0.1, -0.05) is 36.4 Å². The molecule has 3 aromatic rings. The summed E-state index contributed by atoms with van der Waals surface area (Å²) < 4.78 is 5.46. The Kier molecular flexibility index (Phi) is 3.84. The Labute approximate surface area is 124 Å². The van der Waals surface area contributed by atoms with Crippen molar-refractivity contribution in [2.75, 3.05) is 6.61 Å². The van der Waals surface area contributed by atoms with E-state index in [0.717, 1.165) is 27.8 Å². The van der Waals surface area contributed by atoms with E-state index in [1.54, 1.807) is 0 Å². The Morgan fingerprint density at radius 3 is 2.57 bits per heavy atom. The van der Waals surface area contributed by atoms with Crippen LogP contribution in [0.2, 0.25) is 0 Å². The molecule has 0 bridgehead atoms. The predicted octanol–water partition coefficient (Wildman–Crippen LogP) is 3.68. The number of fused-ring (bicyclic) bond motifs is 1. The number of nitrogens with zero attached hydrogens (tertiary/aromatic N) is 1. The van der Waals surface area contributed by atoms with E-state index in [4.69, 9.17) is 10.5 Å². The van der Waals surface area contributed by atoms with Gasteiger partial charge in [-0.15, -0.1) is 0 Å². The van der Waals surface area contributed by atoms with Crippen molar-refractivity contribution >= 4 is 10.8 Å². The minimum absolute atomic E-state index is 0.244.